The molecule has 2 aliphatic rings. The molecule has 3 N–H and O–H groups in total. The zero-order valence-corrected chi connectivity index (χ0v) is 5.24. The topological polar surface area (TPSA) is 63.3 Å². The molecule has 3 heteroatoms. The summed E-state index contributed by atoms with van der Waals surface area (Å²) in [6.45, 7) is -0.250. The van der Waals surface area contributed by atoms with Gasteiger partial charge in [-0.3, -0.25) is 4.79 Å². The molecule has 0 aromatic heterocycles. The summed E-state index contributed by atoms with van der Waals surface area (Å²) in [5.74, 6) is 0. The molecule has 0 saturated heterocycles. The lowest BCUT2D eigenvalue weighted by molar-refractivity contribution is -0.122. The van der Waals surface area contributed by atoms with Crippen molar-refractivity contribution < 1.29 is 9.90 Å². The molecular formula is C7H7NO2. The van der Waals surface area contributed by atoms with Crippen LogP contribution in [0.1, 0.15) is 0 Å². The molecule has 0 aromatic rings. The standard InChI is InChI=1S/C6H5N.CH2O2/c7-6-2-1-4-3-5(4)6;2-1-3/h1-3H,7H2;1H,(H,2,3). The Labute approximate surface area is 58.1 Å². The second-order valence-corrected chi connectivity index (χ2v) is 1.91. The number of hydrogen-bond donors (Lipinski definition) is 2. The highest BCUT2D eigenvalue weighted by atomic mass is 16.3. The van der Waals surface area contributed by atoms with Gasteiger partial charge in [0.15, 0.2) is 0 Å². The Morgan fingerprint density at radius 3 is 2.20 bits per heavy atom. The third-order valence-corrected chi connectivity index (χ3v) is 1.28. The highest BCUT2D eigenvalue weighted by Crippen LogP contribution is 2.39. The van der Waals surface area contributed by atoms with E-state index in [0.29, 0.717) is 0 Å². The number of rotatable bonds is 0. The molecule has 0 fully saturated rings. The second kappa shape index (κ2) is 2.39. The van der Waals surface area contributed by atoms with Crippen LogP contribution in [0.3, 0.4) is 0 Å². The lowest BCUT2D eigenvalue weighted by Gasteiger charge is -1.74. The number of anilines is 1. The Hall–Kier alpha value is -1.51. The predicted octanol–water partition coefficient (Wildman–Crippen LogP) is 0.950. The zero-order chi connectivity index (χ0) is 7.56. The largest absolute Gasteiger partial charge is 0.483 e. The molecule has 0 bridgehead atoms. The van der Waals surface area contributed by atoms with Crippen LogP contribution < -0.4 is 5.73 Å². The minimum absolute atomic E-state index is 0.250. The van der Waals surface area contributed by atoms with Gasteiger partial charge in [-0.05, 0) is 17.7 Å². The lowest BCUT2D eigenvalue weighted by Crippen LogP contribution is -1.75. The van der Waals surface area contributed by atoms with Gasteiger partial charge in [-0.1, -0.05) is 6.07 Å². The summed E-state index contributed by atoms with van der Waals surface area (Å²) in [5, 5.41) is 6.89. The summed E-state index contributed by atoms with van der Waals surface area (Å²) in [5.41, 5.74) is 8.95. The maximum absolute atomic E-state index is 8.36. The van der Waals surface area contributed by atoms with Crippen molar-refractivity contribution in [3.63, 3.8) is 0 Å². The normalized spacial score (nSPS) is 9.20. The Morgan fingerprint density at radius 1 is 1.50 bits per heavy atom. The van der Waals surface area contributed by atoms with Crippen molar-refractivity contribution in [2.45, 2.75) is 0 Å². The molecule has 2 rings (SSSR count). The maximum atomic E-state index is 8.36. The first kappa shape index (κ1) is 6.61. The summed E-state index contributed by atoms with van der Waals surface area (Å²) in [4.78, 5) is 8.36. The SMILES string of the molecule is Nc1ccc2cc1-2.O=CO. The zero-order valence-electron chi connectivity index (χ0n) is 5.24. The van der Waals surface area contributed by atoms with E-state index < -0.39 is 0 Å². The first-order valence-electron chi connectivity index (χ1n) is 2.77. The van der Waals surface area contributed by atoms with Gasteiger partial charge in [0.2, 0.25) is 0 Å². The first-order valence-corrected chi connectivity index (χ1v) is 2.77. The number of nitrogen functional groups attached to an aromatic ring is 1. The van der Waals surface area contributed by atoms with E-state index in [9.17, 15) is 0 Å². The average Bonchev–Trinajstić information content (AvgIpc) is 2.57. The van der Waals surface area contributed by atoms with Crippen molar-refractivity contribution in [2.24, 2.45) is 0 Å². The summed E-state index contributed by atoms with van der Waals surface area (Å²) in [6, 6.07) is 6.05. The number of benzene rings is 1. The average molecular weight is 137 g/mol. The molecule has 0 heterocycles. The number of nitrogens with two attached hydrogens (primary N) is 1. The van der Waals surface area contributed by atoms with E-state index in [1.807, 2.05) is 12.1 Å². The van der Waals surface area contributed by atoms with Crippen LogP contribution in [0.25, 0.3) is 11.1 Å². The minimum atomic E-state index is -0.250. The van der Waals surface area contributed by atoms with Crippen molar-refractivity contribution in [3.05, 3.63) is 18.2 Å². The predicted molar refractivity (Wildman–Crippen MR) is 38.5 cm³/mol. The fourth-order valence-electron chi connectivity index (χ4n) is 0.777. The minimum Gasteiger partial charge on any atom is -0.483 e. The van der Waals surface area contributed by atoms with Crippen LogP contribution in [0.2, 0.25) is 0 Å². The molecule has 10 heavy (non-hydrogen) atoms. The Bertz CT molecular complexity index is 258. The van der Waals surface area contributed by atoms with Gasteiger partial charge in [0.1, 0.15) is 0 Å². The number of fused-ring (bicyclic) bond motifs is 1. The number of carboxylic acid groups (broad SMARTS) is 1. The van der Waals surface area contributed by atoms with E-state index in [-0.39, 0.29) is 6.47 Å². The molecule has 3 nitrogen and oxygen atoms in total. The molecule has 52 valence electrons. The van der Waals surface area contributed by atoms with Crippen molar-refractivity contribution in [3.8, 4) is 11.1 Å². The van der Waals surface area contributed by atoms with Crippen molar-refractivity contribution in [1.82, 2.24) is 0 Å². The van der Waals surface area contributed by atoms with E-state index in [0.717, 1.165) is 5.69 Å². The van der Waals surface area contributed by atoms with E-state index in [4.69, 9.17) is 15.6 Å². The van der Waals surface area contributed by atoms with E-state index in [2.05, 4.69) is 6.07 Å². The summed E-state index contributed by atoms with van der Waals surface area (Å²) < 4.78 is 0. The molecule has 0 spiro atoms. The summed E-state index contributed by atoms with van der Waals surface area (Å²) in [6.07, 6.45) is 0. The van der Waals surface area contributed by atoms with Crippen molar-refractivity contribution in [2.75, 3.05) is 5.73 Å². The molecular weight excluding hydrogens is 130 g/mol. The molecule has 2 aliphatic carbocycles. The molecule has 0 atom stereocenters. The van der Waals surface area contributed by atoms with Crippen LogP contribution in [0, 0.1) is 0 Å². The van der Waals surface area contributed by atoms with Crippen molar-refractivity contribution in [1.29, 1.82) is 0 Å². The molecule has 0 aliphatic heterocycles. The number of carbonyl (C=O) groups is 1. The third-order valence-electron chi connectivity index (χ3n) is 1.28. The van der Waals surface area contributed by atoms with Gasteiger partial charge in [-0.25, -0.2) is 0 Å². The quantitative estimate of drug-likeness (QED) is 0.419. The van der Waals surface area contributed by atoms with Crippen LogP contribution in [0.5, 0.6) is 0 Å². The monoisotopic (exact) mass is 137 g/mol. The lowest BCUT2D eigenvalue weighted by atomic mass is 10.5. The van der Waals surface area contributed by atoms with Gasteiger partial charge in [-0.2, -0.15) is 0 Å². The highest BCUT2D eigenvalue weighted by Gasteiger charge is 2.13. The van der Waals surface area contributed by atoms with Gasteiger partial charge in [-0.15, -0.1) is 0 Å². The molecule has 0 unspecified atom stereocenters. The van der Waals surface area contributed by atoms with Crippen LogP contribution in [0.15, 0.2) is 18.2 Å². The summed E-state index contributed by atoms with van der Waals surface area (Å²) in [7, 11) is 0. The fraction of sp³-hybridized carbons (Fsp3) is 0. The van der Waals surface area contributed by atoms with Gasteiger partial charge in [0.25, 0.3) is 6.47 Å². The first-order chi connectivity index (χ1) is 4.79. The number of hydrogen-bond acceptors (Lipinski definition) is 2. The maximum Gasteiger partial charge on any atom is 0.290 e. The van der Waals surface area contributed by atoms with Crippen LogP contribution in [0.4, 0.5) is 5.69 Å². The van der Waals surface area contributed by atoms with E-state index >= 15 is 0 Å². The Kier molecular flexibility index (Phi) is 1.58. The van der Waals surface area contributed by atoms with E-state index in [1.54, 1.807) is 0 Å². The van der Waals surface area contributed by atoms with Gasteiger partial charge in [0, 0.05) is 11.3 Å². The Morgan fingerprint density at radius 2 is 2.10 bits per heavy atom. The Balaban J connectivity index is 0.000000148. The molecule has 0 aromatic carbocycles. The molecule has 0 amide bonds. The summed E-state index contributed by atoms with van der Waals surface area (Å²) >= 11 is 0. The fourth-order valence-corrected chi connectivity index (χ4v) is 0.777. The van der Waals surface area contributed by atoms with Gasteiger partial charge < -0.3 is 10.8 Å². The highest BCUT2D eigenvalue weighted by molar-refractivity contribution is 5.91. The van der Waals surface area contributed by atoms with Gasteiger partial charge in [0.05, 0.1) is 0 Å². The third kappa shape index (κ3) is 1.07. The second-order valence-electron chi connectivity index (χ2n) is 1.91. The smallest absolute Gasteiger partial charge is 0.290 e. The van der Waals surface area contributed by atoms with Crippen LogP contribution >= 0.6 is 0 Å². The van der Waals surface area contributed by atoms with Crippen LogP contribution in [-0.4, -0.2) is 11.6 Å². The van der Waals surface area contributed by atoms with Crippen molar-refractivity contribution >= 4 is 12.2 Å². The van der Waals surface area contributed by atoms with Crippen LogP contribution in [-0.2, 0) is 4.79 Å². The van der Waals surface area contributed by atoms with E-state index in [1.165, 1.54) is 11.1 Å². The molecule has 0 saturated carbocycles. The van der Waals surface area contributed by atoms with Gasteiger partial charge >= 0.3 is 0 Å². The molecule has 0 radical (unpaired) electrons.